The molecule has 0 heterocycles. The van der Waals surface area contributed by atoms with E-state index in [0.717, 1.165) is 12.8 Å². The number of hydrogen-bond donors (Lipinski definition) is 2. The molecule has 0 unspecified atom stereocenters. The van der Waals surface area contributed by atoms with Crippen molar-refractivity contribution < 1.29 is 14.6 Å². The summed E-state index contributed by atoms with van der Waals surface area (Å²) in [5.41, 5.74) is 2.64. The standard InChI is InChI=1S/C13H17NO3/c15-8-7-14-13(16)17-12-6-5-10-3-1-2-4-11(10)9-12/h5-6,9,15H,1-4,7-8H2,(H,14,16). The van der Waals surface area contributed by atoms with Crippen molar-refractivity contribution >= 4 is 6.09 Å². The van der Waals surface area contributed by atoms with E-state index >= 15 is 0 Å². The van der Waals surface area contributed by atoms with Crippen LogP contribution in [0.2, 0.25) is 0 Å². The topological polar surface area (TPSA) is 58.6 Å². The number of nitrogens with one attached hydrogen (secondary N) is 1. The first-order chi connectivity index (χ1) is 8.29. The van der Waals surface area contributed by atoms with Crippen molar-refractivity contribution in [2.45, 2.75) is 25.7 Å². The van der Waals surface area contributed by atoms with Gasteiger partial charge in [-0.05, 0) is 48.9 Å². The number of hydrogen-bond acceptors (Lipinski definition) is 3. The van der Waals surface area contributed by atoms with Crippen molar-refractivity contribution in [3.63, 3.8) is 0 Å². The van der Waals surface area contributed by atoms with Gasteiger partial charge in [0.05, 0.1) is 6.61 Å². The Kier molecular flexibility index (Phi) is 3.98. The molecule has 0 fully saturated rings. The number of benzene rings is 1. The van der Waals surface area contributed by atoms with Gasteiger partial charge in [0, 0.05) is 6.54 Å². The summed E-state index contributed by atoms with van der Waals surface area (Å²) in [7, 11) is 0. The Morgan fingerprint density at radius 1 is 1.29 bits per heavy atom. The average molecular weight is 235 g/mol. The number of carbonyl (C=O) groups excluding carboxylic acids is 1. The van der Waals surface area contributed by atoms with Crippen molar-refractivity contribution in [2.75, 3.05) is 13.2 Å². The van der Waals surface area contributed by atoms with Crippen molar-refractivity contribution in [1.82, 2.24) is 5.32 Å². The zero-order valence-corrected chi connectivity index (χ0v) is 9.74. The van der Waals surface area contributed by atoms with E-state index in [1.54, 1.807) is 0 Å². The van der Waals surface area contributed by atoms with Crippen LogP contribution in [0.5, 0.6) is 5.75 Å². The van der Waals surface area contributed by atoms with Gasteiger partial charge in [-0.1, -0.05) is 6.07 Å². The third-order valence-corrected chi connectivity index (χ3v) is 2.91. The van der Waals surface area contributed by atoms with Gasteiger partial charge in [-0.2, -0.15) is 0 Å². The Morgan fingerprint density at radius 2 is 2.06 bits per heavy atom. The lowest BCUT2D eigenvalue weighted by molar-refractivity contribution is 0.195. The number of aliphatic hydroxyl groups is 1. The first-order valence-electron chi connectivity index (χ1n) is 5.98. The number of rotatable bonds is 3. The van der Waals surface area contributed by atoms with E-state index in [2.05, 4.69) is 5.32 Å². The molecule has 4 nitrogen and oxygen atoms in total. The smallest absolute Gasteiger partial charge is 0.410 e. The summed E-state index contributed by atoms with van der Waals surface area (Å²) in [6, 6.07) is 5.79. The number of fused-ring (bicyclic) bond motifs is 1. The van der Waals surface area contributed by atoms with Crippen LogP contribution in [0.3, 0.4) is 0 Å². The third kappa shape index (κ3) is 3.20. The lowest BCUT2D eigenvalue weighted by atomic mass is 9.92. The van der Waals surface area contributed by atoms with Gasteiger partial charge in [-0.15, -0.1) is 0 Å². The molecule has 0 aromatic heterocycles. The van der Waals surface area contributed by atoms with E-state index in [1.165, 1.54) is 24.0 Å². The van der Waals surface area contributed by atoms with Gasteiger partial charge in [0.25, 0.3) is 0 Å². The van der Waals surface area contributed by atoms with Crippen molar-refractivity contribution in [3.8, 4) is 5.75 Å². The zero-order valence-electron chi connectivity index (χ0n) is 9.74. The highest BCUT2D eigenvalue weighted by molar-refractivity contribution is 5.70. The van der Waals surface area contributed by atoms with Gasteiger partial charge in [0.1, 0.15) is 5.75 Å². The maximum absolute atomic E-state index is 11.3. The van der Waals surface area contributed by atoms with E-state index < -0.39 is 6.09 Å². The summed E-state index contributed by atoms with van der Waals surface area (Å²) < 4.78 is 5.12. The molecule has 2 N–H and O–H groups in total. The minimum Gasteiger partial charge on any atom is -0.410 e. The average Bonchev–Trinajstić information content (AvgIpc) is 2.36. The van der Waals surface area contributed by atoms with Gasteiger partial charge in [-0.3, -0.25) is 0 Å². The minimum absolute atomic E-state index is 0.0840. The van der Waals surface area contributed by atoms with Gasteiger partial charge >= 0.3 is 6.09 Å². The molecule has 17 heavy (non-hydrogen) atoms. The molecule has 1 aliphatic carbocycles. The predicted molar refractivity (Wildman–Crippen MR) is 64.2 cm³/mol. The van der Waals surface area contributed by atoms with E-state index in [0.29, 0.717) is 5.75 Å². The Morgan fingerprint density at radius 3 is 2.82 bits per heavy atom. The Labute approximate surface area is 101 Å². The highest BCUT2D eigenvalue weighted by Crippen LogP contribution is 2.25. The minimum atomic E-state index is -0.519. The molecule has 0 bridgehead atoms. The Balaban J connectivity index is 1.99. The SMILES string of the molecule is O=C(NCCO)Oc1ccc2c(c1)CCCC2. The lowest BCUT2D eigenvalue weighted by Gasteiger charge is -2.16. The highest BCUT2D eigenvalue weighted by Gasteiger charge is 2.11. The fourth-order valence-electron chi connectivity index (χ4n) is 2.07. The van der Waals surface area contributed by atoms with E-state index in [-0.39, 0.29) is 13.2 Å². The molecule has 0 saturated carbocycles. The summed E-state index contributed by atoms with van der Waals surface area (Å²) in [4.78, 5) is 11.3. The molecule has 2 rings (SSSR count). The van der Waals surface area contributed by atoms with Crippen LogP contribution >= 0.6 is 0 Å². The molecule has 92 valence electrons. The molecule has 0 aliphatic heterocycles. The molecule has 1 aliphatic rings. The molecule has 0 atom stereocenters. The summed E-state index contributed by atoms with van der Waals surface area (Å²) in [5.74, 6) is 0.570. The van der Waals surface area contributed by atoms with Crippen molar-refractivity contribution in [1.29, 1.82) is 0 Å². The van der Waals surface area contributed by atoms with E-state index in [4.69, 9.17) is 9.84 Å². The predicted octanol–water partition coefficient (Wildman–Crippen LogP) is 1.65. The van der Waals surface area contributed by atoms with Gasteiger partial charge in [0.2, 0.25) is 0 Å². The number of aliphatic hydroxyl groups excluding tert-OH is 1. The first-order valence-corrected chi connectivity index (χ1v) is 5.98. The van der Waals surface area contributed by atoms with Crippen LogP contribution in [0.25, 0.3) is 0 Å². The van der Waals surface area contributed by atoms with Crippen molar-refractivity contribution in [2.24, 2.45) is 0 Å². The normalized spacial score (nSPS) is 13.9. The fourth-order valence-corrected chi connectivity index (χ4v) is 2.07. The molecule has 4 heteroatoms. The highest BCUT2D eigenvalue weighted by atomic mass is 16.6. The molecule has 0 spiro atoms. The fraction of sp³-hybridized carbons (Fsp3) is 0.462. The summed E-state index contributed by atoms with van der Waals surface area (Å²) in [6.45, 7) is 0.128. The second-order valence-corrected chi connectivity index (χ2v) is 4.18. The molecular weight excluding hydrogens is 218 g/mol. The maximum atomic E-state index is 11.3. The molecule has 1 aromatic carbocycles. The molecule has 1 amide bonds. The van der Waals surface area contributed by atoms with Crippen LogP contribution in [0.4, 0.5) is 4.79 Å². The number of ether oxygens (including phenoxy) is 1. The van der Waals surface area contributed by atoms with Crippen LogP contribution < -0.4 is 10.1 Å². The Bertz CT molecular complexity index is 404. The number of carbonyl (C=O) groups is 1. The lowest BCUT2D eigenvalue weighted by Crippen LogP contribution is -2.29. The number of aryl methyl sites for hydroxylation is 2. The summed E-state index contributed by atoms with van der Waals surface area (Å²) in [5, 5.41) is 11.0. The number of amides is 1. The maximum Gasteiger partial charge on any atom is 0.412 e. The van der Waals surface area contributed by atoms with Crippen LogP contribution in [0.15, 0.2) is 18.2 Å². The van der Waals surface area contributed by atoms with Crippen LogP contribution in [-0.4, -0.2) is 24.4 Å². The summed E-state index contributed by atoms with van der Waals surface area (Å²) >= 11 is 0. The van der Waals surface area contributed by atoms with Crippen molar-refractivity contribution in [3.05, 3.63) is 29.3 Å². The summed E-state index contributed by atoms with van der Waals surface area (Å²) in [6.07, 6.45) is 4.10. The van der Waals surface area contributed by atoms with Gasteiger partial charge in [0.15, 0.2) is 0 Å². The van der Waals surface area contributed by atoms with E-state index in [1.807, 2.05) is 18.2 Å². The van der Waals surface area contributed by atoms with Crippen LogP contribution in [-0.2, 0) is 12.8 Å². The molecule has 1 aromatic rings. The van der Waals surface area contributed by atoms with Crippen LogP contribution in [0, 0.1) is 0 Å². The first kappa shape index (κ1) is 11.9. The van der Waals surface area contributed by atoms with E-state index in [9.17, 15) is 4.79 Å². The zero-order chi connectivity index (χ0) is 12.1. The second kappa shape index (κ2) is 5.68. The molecular formula is C13H17NO3. The van der Waals surface area contributed by atoms with Crippen LogP contribution in [0.1, 0.15) is 24.0 Å². The largest absolute Gasteiger partial charge is 0.412 e. The van der Waals surface area contributed by atoms with Gasteiger partial charge < -0.3 is 15.2 Å². The Hall–Kier alpha value is -1.55. The monoisotopic (exact) mass is 235 g/mol. The molecule has 0 saturated heterocycles. The second-order valence-electron chi connectivity index (χ2n) is 4.18. The van der Waals surface area contributed by atoms with Gasteiger partial charge in [-0.25, -0.2) is 4.79 Å². The third-order valence-electron chi connectivity index (χ3n) is 2.91. The molecule has 0 radical (unpaired) electrons. The quantitative estimate of drug-likeness (QED) is 0.837.